The highest BCUT2D eigenvalue weighted by Crippen LogP contribution is 2.08. The van der Waals surface area contributed by atoms with Crippen LogP contribution in [0, 0.1) is 0 Å². The van der Waals surface area contributed by atoms with Crippen molar-refractivity contribution < 1.29 is 4.79 Å². The van der Waals surface area contributed by atoms with E-state index in [0.717, 1.165) is 18.6 Å². The summed E-state index contributed by atoms with van der Waals surface area (Å²) >= 11 is 0. The van der Waals surface area contributed by atoms with Gasteiger partial charge in [-0.15, -0.1) is 0 Å². The van der Waals surface area contributed by atoms with Crippen LogP contribution in [-0.2, 0) is 0 Å². The number of unbranched alkanes of at least 4 members (excludes halogenated alkanes) is 6. The lowest BCUT2D eigenvalue weighted by atomic mass is 10.1. The van der Waals surface area contributed by atoms with Gasteiger partial charge in [0, 0.05) is 5.71 Å². The Bertz CT molecular complexity index is 214. The van der Waals surface area contributed by atoms with E-state index in [4.69, 9.17) is 5.73 Å². The van der Waals surface area contributed by atoms with Crippen molar-refractivity contribution in [2.24, 2.45) is 10.8 Å². The molecule has 16 heavy (non-hydrogen) atoms. The number of amides is 2. The van der Waals surface area contributed by atoms with Crippen LogP contribution in [0.4, 0.5) is 4.79 Å². The fraction of sp³-hybridized carbons (Fsp3) is 0.833. The van der Waals surface area contributed by atoms with Gasteiger partial charge in [0.15, 0.2) is 0 Å². The van der Waals surface area contributed by atoms with E-state index < -0.39 is 6.03 Å². The van der Waals surface area contributed by atoms with Crippen molar-refractivity contribution in [1.82, 2.24) is 5.43 Å². The van der Waals surface area contributed by atoms with Gasteiger partial charge >= 0.3 is 6.03 Å². The highest BCUT2D eigenvalue weighted by molar-refractivity contribution is 5.83. The van der Waals surface area contributed by atoms with Crippen molar-refractivity contribution in [3.05, 3.63) is 0 Å². The molecule has 0 saturated heterocycles. The van der Waals surface area contributed by atoms with E-state index in [1.165, 1.54) is 38.5 Å². The van der Waals surface area contributed by atoms with Crippen LogP contribution < -0.4 is 11.2 Å². The van der Waals surface area contributed by atoms with Gasteiger partial charge in [-0.1, -0.05) is 45.4 Å². The van der Waals surface area contributed by atoms with E-state index in [9.17, 15) is 4.79 Å². The molecule has 0 aliphatic carbocycles. The Morgan fingerprint density at radius 3 is 2.25 bits per heavy atom. The highest BCUT2D eigenvalue weighted by atomic mass is 16.2. The Balaban J connectivity index is 3.30. The van der Waals surface area contributed by atoms with Gasteiger partial charge in [0.2, 0.25) is 0 Å². The predicted molar refractivity (Wildman–Crippen MR) is 68.4 cm³/mol. The van der Waals surface area contributed by atoms with Crippen LogP contribution in [0.5, 0.6) is 0 Å². The molecule has 0 heterocycles. The zero-order valence-electron chi connectivity index (χ0n) is 10.6. The molecule has 0 saturated carbocycles. The third-order valence-corrected chi connectivity index (χ3v) is 2.50. The van der Waals surface area contributed by atoms with Gasteiger partial charge in [-0.3, -0.25) is 0 Å². The molecule has 0 bridgehead atoms. The summed E-state index contributed by atoms with van der Waals surface area (Å²) in [6.45, 7) is 4.14. The number of primary amides is 1. The van der Waals surface area contributed by atoms with Crippen LogP contribution in [-0.4, -0.2) is 11.7 Å². The van der Waals surface area contributed by atoms with E-state index in [0.29, 0.717) is 0 Å². The summed E-state index contributed by atoms with van der Waals surface area (Å²) in [6, 6.07) is -0.598. The summed E-state index contributed by atoms with van der Waals surface area (Å²) in [5.41, 5.74) is 8.08. The first-order chi connectivity index (χ1) is 7.66. The van der Waals surface area contributed by atoms with Crippen LogP contribution in [0.1, 0.15) is 65.2 Å². The maximum Gasteiger partial charge on any atom is 0.332 e. The van der Waals surface area contributed by atoms with Gasteiger partial charge in [-0.05, 0) is 19.8 Å². The Morgan fingerprint density at radius 2 is 1.69 bits per heavy atom. The van der Waals surface area contributed by atoms with Gasteiger partial charge in [0.05, 0.1) is 0 Å². The summed E-state index contributed by atoms with van der Waals surface area (Å²) in [5, 5.41) is 3.86. The van der Waals surface area contributed by atoms with Gasteiger partial charge in [-0.25, -0.2) is 10.2 Å². The fourth-order valence-electron chi connectivity index (χ4n) is 1.54. The molecular weight excluding hydrogens is 202 g/mol. The van der Waals surface area contributed by atoms with E-state index in [1.807, 2.05) is 6.92 Å². The van der Waals surface area contributed by atoms with Crippen LogP contribution >= 0.6 is 0 Å². The molecule has 4 heteroatoms. The SMILES string of the molecule is CCCCCCCCC/C(C)=N/NC(N)=O. The Morgan fingerprint density at radius 1 is 1.12 bits per heavy atom. The molecule has 4 nitrogen and oxygen atoms in total. The quantitative estimate of drug-likeness (QED) is 0.354. The highest BCUT2D eigenvalue weighted by Gasteiger charge is 1.95. The molecule has 0 aromatic rings. The minimum absolute atomic E-state index is 0.598. The molecule has 2 amide bonds. The molecule has 0 rings (SSSR count). The second-order valence-electron chi connectivity index (χ2n) is 4.19. The Labute approximate surface area is 98.7 Å². The lowest BCUT2D eigenvalue weighted by molar-refractivity contribution is 0.249. The standard InChI is InChI=1S/C12H25N3O/c1-3-4-5-6-7-8-9-10-11(2)14-15-12(13)16/h3-10H2,1-2H3,(H3,13,15,16)/b14-11+. The van der Waals surface area contributed by atoms with Crippen LogP contribution in [0.2, 0.25) is 0 Å². The average Bonchev–Trinajstić information content (AvgIpc) is 2.25. The van der Waals surface area contributed by atoms with Crippen molar-refractivity contribution >= 4 is 11.7 Å². The fourth-order valence-corrected chi connectivity index (χ4v) is 1.54. The van der Waals surface area contributed by atoms with Gasteiger partial charge in [-0.2, -0.15) is 5.10 Å². The van der Waals surface area contributed by atoms with E-state index in [2.05, 4.69) is 17.5 Å². The van der Waals surface area contributed by atoms with Gasteiger partial charge in [0.1, 0.15) is 0 Å². The third-order valence-electron chi connectivity index (χ3n) is 2.50. The van der Waals surface area contributed by atoms with Crippen LogP contribution in [0.25, 0.3) is 0 Å². The molecule has 94 valence electrons. The van der Waals surface area contributed by atoms with E-state index in [-0.39, 0.29) is 0 Å². The monoisotopic (exact) mass is 227 g/mol. The molecular formula is C12H25N3O. The molecule has 0 unspecified atom stereocenters. The Kier molecular flexibility index (Phi) is 9.76. The first-order valence-corrected chi connectivity index (χ1v) is 6.25. The summed E-state index contributed by atoms with van der Waals surface area (Å²) in [6.07, 6.45) is 9.96. The number of nitrogens with one attached hydrogen (secondary N) is 1. The molecule has 0 aliphatic heterocycles. The Hall–Kier alpha value is -1.06. The number of nitrogens with two attached hydrogens (primary N) is 1. The van der Waals surface area contributed by atoms with E-state index in [1.54, 1.807) is 0 Å². The number of carbonyl (C=O) groups is 1. The molecule has 0 aliphatic rings. The largest absolute Gasteiger partial charge is 0.350 e. The van der Waals surface area contributed by atoms with Crippen molar-refractivity contribution in [2.45, 2.75) is 65.2 Å². The summed E-state index contributed by atoms with van der Waals surface area (Å²) in [5.74, 6) is 0. The lowest BCUT2D eigenvalue weighted by Crippen LogP contribution is -2.25. The third kappa shape index (κ3) is 11.0. The molecule has 0 aromatic heterocycles. The van der Waals surface area contributed by atoms with Gasteiger partial charge in [0.25, 0.3) is 0 Å². The van der Waals surface area contributed by atoms with Crippen molar-refractivity contribution in [3.8, 4) is 0 Å². The minimum atomic E-state index is -0.598. The summed E-state index contributed by atoms with van der Waals surface area (Å²) in [4.78, 5) is 10.4. The maximum atomic E-state index is 10.4. The molecule has 0 spiro atoms. The normalized spacial score (nSPS) is 11.5. The number of carbonyl (C=O) groups excluding carboxylic acids is 1. The van der Waals surface area contributed by atoms with Crippen molar-refractivity contribution in [2.75, 3.05) is 0 Å². The first-order valence-electron chi connectivity index (χ1n) is 6.25. The molecule has 0 fully saturated rings. The minimum Gasteiger partial charge on any atom is -0.350 e. The van der Waals surface area contributed by atoms with Crippen molar-refractivity contribution in [1.29, 1.82) is 0 Å². The number of nitrogens with zero attached hydrogens (tertiary/aromatic N) is 1. The second kappa shape index (κ2) is 10.5. The summed E-state index contributed by atoms with van der Waals surface area (Å²) < 4.78 is 0. The molecule has 0 radical (unpaired) electrons. The first kappa shape index (κ1) is 14.9. The predicted octanol–water partition coefficient (Wildman–Crippen LogP) is 3.17. The number of rotatable bonds is 9. The maximum absolute atomic E-state index is 10.4. The number of hydrazone groups is 1. The zero-order chi connectivity index (χ0) is 12.2. The lowest BCUT2D eigenvalue weighted by Gasteiger charge is -2.01. The summed E-state index contributed by atoms with van der Waals surface area (Å²) in [7, 11) is 0. The smallest absolute Gasteiger partial charge is 0.332 e. The number of hydrogen-bond acceptors (Lipinski definition) is 2. The van der Waals surface area contributed by atoms with E-state index >= 15 is 0 Å². The zero-order valence-corrected chi connectivity index (χ0v) is 10.6. The molecule has 0 atom stereocenters. The van der Waals surface area contributed by atoms with Crippen molar-refractivity contribution in [3.63, 3.8) is 0 Å². The topological polar surface area (TPSA) is 67.5 Å². The average molecular weight is 227 g/mol. The number of hydrogen-bond donors (Lipinski definition) is 2. The van der Waals surface area contributed by atoms with Crippen LogP contribution in [0.15, 0.2) is 5.10 Å². The van der Waals surface area contributed by atoms with Crippen LogP contribution in [0.3, 0.4) is 0 Å². The molecule has 0 aromatic carbocycles. The number of urea groups is 1. The molecule has 3 N–H and O–H groups in total. The van der Waals surface area contributed by atoms with Gasteiger partial charge < -0.3 is 5.73 Å². The second-order valence-corrected chi connectivity index (χ2v) is 4.19.